The van der Waals surface area contributed by atoms with E-state index in [4.69, 9.17) is 9.47 Å². The number of carbonyl (C=O) groups excluding carboxylic acids is 1. The highest BCUT2D eigenvalue weighted by Gasteiger charge is 2.40. The van der Waals surface area contributed by atoms with Crippen LogP contribution in [0.1, 0.15) is 73.2 Å². The number of nitrogens with zero attached hydrogens (tertiary/aromatic N) is 5. The van der Waals surface area contributed by atoms with Gasteiger partial charge in [-0.05, 0) is 74.2 Å². The predicted octanol–water partition coefficient (Wildman–Crippen LogP) is 7.20. The van der Waals surface area contributed by atoms with Gasteiger partial charge < -0.3 is 24.8 Å². The lowest BCUT2D eigenvalue weighted by Crippen LogP contribution is -2.47. The highest BCUT2D eigenvalue weighted by Crippen LogP contribution is 2.43. The fraction of sp³-hybridized carbons (Fsp3) is 0.457. The van der Waals surface area contributed by atoms with Gasteiger partial charge in [-0.15, -0.1) is 0 Å². The van der Waals surface area contributed by atoms with Gasteiger partial charge in [-0.2, -0.15) is 31.6 Å². The van der Waals surface area contributed by atoms with Crippen LogP contribution in [0.3, 0.4) is 0 Å². The van der Waals surface area contributed by atoms with Crippen molar-refractivity contribution in [1.29, 1.82) is 5.26 Å². The topological polar surface area (TPSA) is 141 Å². The number of hydrogen-bond acceptors (Lipinski definition) is 9. The van der Waals surface area contributed by atoms with Gasteiger partial charge in [0.15, 0.2) is 0 Å². The zero-order valence-corrected chi connectivity index (χ0v) is 28.4. The molecule has 2 atom stereocenters. The molecule has 3 aromatic rings. The lowest BCUT2D eigenvalue weighted by molar-refractivity contribution is -0.149. The number of carboxylic acids is 1. The van der Waals surface area contributed by atoms with Gasteiger partial charge in [-0.3, -0.25) is 9.69 Å². The highest BCUT2D eigenvalue weighted by atomic mass is 19.4. The number of fused-ring (bicyclic) bond motifs is 1. The van der Waals surface area contributed by atoms with E-state index in [0.717, 1.165) is 30.3 Å². The van der Waals surface area contributed by atoms with Crippen LogP contribution in [0.15, 0.2) is 42.6 Å². The third-order valence-corrected chi connectivity index (χ3v) is 8.99. The van der Waals surface area contributed by atoms with Crippen molar-refractivity contribution >= 4 is 29.4 Å². The van der Waals surface area contributed by atoms with E-state index < -0.39 is 59.6 Å². The van der Waals surface area contributed by atoms with Crippen molar-refractivity contribution in [2.45, 2.75) is 64.5 Å². The van der Waals surface area contributed by atoms with Crippen LogP contribution in [-0.4, -0.2) is 66.1 Å². The fourth-order valence-electron chi connectivity index (χ4n) is 6.09. The average Bonchev–Trinajstić information content (AvgIpc) is 3.09. The number of halogens is 6. The van der Waals surface area contributed by atoms with Gasteiger partial charge in [0.25, 0.3) is 0 Å². The predicted molar refractivity (Wildman–Crippen MR) is 176 cm³/mol. The second kappa shape index (κ2) is 14.9. The lowest BCUT2D eigenvalue weighted by atomic mass is 9.89. The van der Waals surface area contributed by atoms with Crippen molar-refractivity contribution in [2.75, 3.05) is 48.0 Å². The van der Waals surface area contributed by atoms with E-state index in [1.165, 1.54) is 31.0 Å². The number of aromatic nitrogens is 2. The molecule has 1 saturated heterocycles. The third kappa shape index (κ3) is 8.50. The first kappa shape index (κ1) is 38.1. The Morgan fingerprint density at radius 2 is 1.73 bits per heavy atom. The van der Waals surface area contributed by atoms with E-state index >= 15 is 0 Å². The molecule has 0 saturated carbocycles. The average molecular weight is 735 g/mol. The van der Waals surface area contributed by atoms with Crippen molar-refractivity contribution in [2.24, 2.45) is 5.41 Å². The van der Waals surface area contributed by atoms with Crippen LogP contribution in [0.2, 0.25) is 0 Å². The smallest absolute Gasteiger partial charge is 0.416 e. The Labute approximate surface area is 295 Å². The van der Waals surface area contributed by atoms with Gasteiger partial charge >= 0.3 is 24.4 Å². The van der Waals surface area contributed by atoms with Gasteiger partial charge in [0.1, 0.15) is 6.61 Å². The fourth-order valence-corrected chi connectivity index (χ4v) is 6.09. The number of alkyl halides is 6. The first-order valence-corrected chi connectivity index (χ1v) is 16.4. The monoisotopic (exact) mass is 734 g/mol. The minimum Gasteiger partial charge on any atom is -0.481 e. The Bertz CT molecular complexity index is 1860. The molecule has 0 unspecified atom stereocenters. The minimum absolute atomic E-state index is 0.0260. The molecule has 0 radical (unpaired) electrons. The molecule has 3 heterocycles. The molecule has 1 aromatic heterocycles. The summed E-state index contributed by atoms with van der Waals surface area (Å²) in [5, 5.41) is 22.0. The standard InChI is InChI=1S/C35H36F6N6O5/c1-4-24-16-26(25-15-22(34(36,37)38)5-6-28(25)47(24)32(50)52-19-33(2,3)30(48)49)44-31-43-18-29(46-7-9-51-10-8-46)27(45-31)14-20-11-21(17-42)13-23(12-20)35(39,40)41/h5-6,11-13,15,18,24,26H,4,7-10,14,16,19H2,1-3H3,(H,48,49)(H,43,44,45)/t24-,26+/m1/s1. The van der Waals surface area contributed by atoms with Crippen LogP contribution in [0.4, 0.5) is 48.5 Å². The van der Waals surface area contributed by atoms with Gasteiger partial charge in [0.05, 0.1) is 70.7 Å². The molecule has 2 aliphatic heterocycles. The van der Waals surface area contributed by atoms with Gasteiger partial charge in [-0.1, -0.05) is 6.92 Å². The van der Waals surface area contributed by atoms with Gasteiger partial charge in [0, 0.05) is 25.6 Å². The summed E-state index contributed by atoms with van der Waals surface area (Å²) in [6, 6.07) is 6.22. The summed E-state index contributed by atoms with van der Waals surface area (Å²) in [5.41, 5.74) is -2.42. The van der Waals surface area contributed by atoms with E-state index in [9.17, 15) is 46.3 Å². The summed E-state index contributed by atoms with van der Waals surface area (Å²) in [5.74, 6) is -1.23. The van der Waals surface area contributed by atoms with Crippen molar-refractivity contribution in [3.8, 4) is 6.07 Å². The first-order valence-electron chi connectivity index (χ1n) is 16.4. The number of ether oxygens (including phenoxy) is 2. The number of nitrogens with one attached hydrogen (secondary N) is 1. The zero-order chi connectivity index (χ0) is 38.0. The molecule has 2 aromatic carbocycles. The number of carbonyl (C=O) groups is 2. The summed E-state index contributed by atoms with van der Waals surface area (Å²) in [4.78, 5) is 37.3. The highest BCUT2D eigenvalue weighted by molar-refractivity contribution is 5.91. The first-order chi connectivity index (χ1) is 24.4. The second-order valence-corrected chi connectivity index (χ2v) is 13.2. The number of aliphatic carboxylic acids is 1. The van der Waals surface area contributed by atoms with Gasteiger partial charge in [0.2, 0.25) is 5.95 Å². The number of morpholine rings is 1. The Morgan fingerprint density at radius 1 is 1.04 bits per heavy atom. The largest absolute Gasteiger partial charge is 0.481 e. The number of hydrogen-bond donors (Lipinski definition) is 2. The van der Waals surface area contributed by atoms with E-state index in [-0.39, 0.29) is 41.2 Å². The van der Waals surface area contributed by atoms with Crippen LogP contribution in [0, 0.1) is 16.7 Å². The zero-order valence-electron chi connectivity index (χ0n) is 28.4. The summed E-state index contributed by atoms with van der Waals surface area (Å²) in [6.45, 7) is 5.67. The molecular weight excluding hydrogens is 698 g/mol. The molecule has 2 N–H and O–H groups in total. The molecule has 278 valence electrons. The lowest BCUT2D eigenvalue weighted by Gasteiger charge is -2.40. The Hall–Kier alpha value is -5.11. The van der Waals surface area contributed by atoms with Crippen LogP contribution >= 0.6 is 0 Å². The van der Waals surface area contributed by atoms with Crippen molar-refractivity contribution in [3.63, 3.8) is 0 Å². The maximum atomic E-state index is 14.0. The number of nitriles is 1. The van der Waals surface area contributed by atoms with Crippen LogP contribution in [0.25, 0.3) is 0 Å². The Morgan fingerprint density at radius 3 is 2.35 bits per heavy atom. The summed E-state index contributed by atoms with van der Waals surface area (Å²) in [7, 11) is 0. The summed E-state index contributed by atoms with van der Waals surface area (Å²) >= 11 is 0. The van der Waals surface area contributed by atoms with Crippen LogP contribution in [-0.2, 0) is 33.0 Å². The normalized spacial score (nSPS) is 18.0. The summed E-state index contributed by atoms with van der Waals surface area (Å²) < 4.78 is 93.8. The van der Waals surface area contributed by atoms with Crippen LogP contribution < -0.4 is 15.1 Å². The number of anilines is 3. The van der Waals surface area contributed by atoms with Crippen molar-refractivity contribution < 1.29 is 50.5 Å². The SMILES string of the molecule is CC[C@@H]1C[C@H](Nc2ncc(N3CCOCC3)c(Cc3cc(C#N)cc(C(F)(F)F)c3)n2)c2cc(C(F)(F)F)ccc2N1C(=O)OCC(C)(C)C(=O)O. The van der Waals surface area contributed by atoms with E-state index in [1.807, 2.05) is 4.90 Å². The molecule has 17 heteroatoms. The number of rotatable bonds is 9. The number of carboxylic acid groups (broad SMARTS) is 1. The second-order valence-electron chi connectivity index (χ2n) is 13.2. The molecule has 11 nitrogen and oxygen atoms in total. The molecule has 2 aliphatic rings. The molecule has 0 aliphatic carbocycles. The Kier molecular flexibility index (Phi) is 10.9. The van der Waals surface area contributed by atoms with Crippen molar-refractivity contribution in [3.05, 3.63) is 76.1 Å². The van der Waals surface area contributed by atoms with E-state index in [2.05, 4.69) is 15.3 Å². The maximum Gasteiger partial charge on any atom is 0.416 e. The minimum atomic E-state index is -4.73. The summed E-state index contributed by atoms with van der Waals surface area (Å²) in [6.07, 6.45) is -8.59. The number of benzene rings is 2. The molecular formula is C35H36F6N6O5. The van der Waals surface area contributed by atoms with E-state index in [1.54, 1.807) is 13.0 Å². The molecule has 5 rings (SSSR count). The molecule has 52 heavy (non-hydrogen) atoms. The van der Waals surface area contributed by atoms with Gasteiger partial charge in [-0.25, -0.2) is 14.8 Å². The molecule has 0 spiro atoms. The van der Waals surface area contributed by atoms with Crippen LogP contribution in [0.5, 0.6) is 0 Å². The quantitative estimate of drug-likeness (QED) is 0.217. The third-order valence-electron chi connectivity index (χ3n) is 8.99. The molecule has 1 amide bonds. The maximum absolute atomic E-state index is 14.0. The van der Waals surface area contributed by atoms with Crippen molar-refractivity contribution in [1.82, 2.24) is 9.97 Å². The molecule has 0 bridgehead atoms. The number of amides is 1. The molecule has 1 fully saturated rings. The van der Waals surface area contributed by atoms with E-state index in [0.29, 0.717) is 44.1 Å². The Balaban J connectivity index is 1.54.